The lowest BCUT2D eigenvalue weighted by molar-refractivity contribution is -0.138. The fourth-order valence-electron chi connectivity index (χ4n) is 1.54. The zero-order chi connectivity index (χ0) is 14.6. The van der Waals surface area contributed by atoms with Crippen LogP contribution in [-0.2, 0) is 16.0 Å². The maximum atomic E-state index is 11.5. The lowest BCUT2D eigenvalue weighted by Crippen LogP contribution is -2.32. The molecule has 1 atom stereocenters. The van der Waals surface area contributed by atoms with Gasteiger partial charge in [0.25, 0.3) is 0 Å². The van der Waals surface area contributed by atoms with E-state index in [2.05, 4.69) is 4.74 Å². The van der Waals surface area contributed by atoms with Crippen LogP contribution in [0.3, 0.4) is 0 Å². The van der Waals surface area contributed by atoms with Gasteiger partial charge in [-0.25, -0.2) is 4.79 Å². The van der Waals surface area contributed by atoms with Crippen molar-refractivity contribution in [3.05, 3.63) is 23.3 Å². The SMILES string of the molecule is COC(=O)c1cc(CC(N)C(=O)O)c(O)c(OC)c1. The van der Waals surface area contributed by atoms with E-state index in [1.165, 1.54) is 26.4 Å². The summed E-state index contributed by atoms with van der Waals surface area (Å²) < 4.78 is 9.48. The van der Waals surface area contributed by atoms with Crippen molar-refractivity contribution < 1.29 is 29.3 Å². The third-order valence-corrected chi connectivity index (χ3v) is 2.55. The number of hydrogen-bond acceptors (Lipinski definition) is 6. The third kappa shape index (κ3) is 3.35. The molecule has 0 saturated heterocycles. The molecule has 7 heteroatoms. The van der Waals surface area contributed by atoms with Crippen LogP contribution in [0, 0.1) is 0 Å². The van der Waals surface area contributed by atoms with E-state index in [1.807, 2.05) is 0 Å². The van der Waals surface area contributed by atoms with Crippen LogP contribution in [0.5, 0.6) is 11.5 Å². The number of carboxylic acid groups (broad SMARTS) is 1. The number of aromatic hydroxyl groups is 1. The van der Waals surface area contributed by atoms with Crippen molar-refractivity contribution in [2.24, 2.45) is 5.73 Å². The van der Waals surface area contributed by atoms with E-state index in [4.69, 9.17) is 15.6 Å². The minimum atomic E-state index is -1.21. The summed E-state index contributed by atoms with van der Waals surface area (Å²) in [6.45, 7) is 0. The van der Waals surface area contributed by atoms with Gasteiger partial charge in [-0.1, -0.05) is 0 Å². The smallest absolute Gasteiger partial charge is 0.337 e. The Hall–Kier alpha value is -2.28. The standard InChI is InChI=1S/C12H15NO6/c1-18-9-5-7(12(17)19-2)3-6(10(9)14)4-8(13)11(15)16/h3,5,8,14H,4,13H2,1-2H3,(H,15,16). The maximum absolute atomic E-state index is 11.5. The molecule has 1 aromatic rings. The zero-order valence-electron chi connectivity index (χ0n) is 10.5. The van der Waals surface area contributed by atoms with E-state index >= 15 is 0 Å². The first-order valence-corrected chi connectivity index (χ1v) is 5.37. The van der Waals surface area contributed by atoms with E-state index in [-0.39, 0.29) is 29.0 Å². The molecule has 0 fully saturated rings. The Labute approximate surface area is 109 Å². The quantitative estimate of drug-likeness (QED) is 0.650. The number of carbonyl (C=O) groups is 2. The number of hydrogen-bond donors (Lipinski definition) is 3. The average Bonchev–Trinajstić information content (AvgIpc) is 2.39. The highest BCUT2D eigenvalue weighted by atomic mass is 16.5. The number of rotatable bonds is 5. The first-order chi connectivity index (χ1) is 8.90. The number of nitrogens with two attached hydrogens (primary N) is 1. The van der Waals surface area contributed by atoms with Gasteiger partial charge in [0.1, 0.15) is 6.04 Å². The fraction of sp³-hybridized carbons (Fsp3) is 0.333. The Morgan fingerprint density at radius 2 is 2.00 bits per heavy atom. The monoisotopic (exact) mass is 269 g/mol. The normalized spacial score (nSPS) is 11.7. The largest absolute Gasteiger partial charge is 0.504 e. The number of benzene rings is 1. The number of ether oxygens (including phenoxy) is 2. The number of esters is 1. The van der Waals surface area contributed by atoms with Gasteiger partial charge < -0.3 is 25.4 Å². The van der Waals surface area contributed by atoms with Gasteiger partial charge in [0.05, 0.1) is 19.8 Å². The lowest BCUT2D eigenvalue weighted by atomic mass is 10.0. The number of phenols is 1. The molecule has 0 aliphatic heterocycles. The second-order valence-electron chi connectivity index (χ2n) is 3.83. The Balaban J connectivity index is 3.21. The average molecular weight is 269 g/mol. The van der Waals surface area contributed by atoms with Crippen LogP contribution >= 0.6 is 0 Å². The van der Waals surface area contributed by atoms with Crippen molar-refractivity contribution in [1.82, 2.24) is 0 Å². The van der Waals surface area contributed by atoms with Crippen molar-refractivity contribution in [3.63, 3.8) is 0 Å². The Morgan fingerprint density at radius 1 is 1.37 bits per heavy atom. The van der Waals surface area contributed by atoms with Gasteiger partial charge in [-0.3, -0.25) is 4.79 Å². The maximum Gasteiger partial charge on any atom is 0.337 e. The van der Waals surface area contributed by atoms with E-state index in [9.17, 15) is 14.7 Å². The van der Waals surface area contributed by atoms with Gasteiger partial charge >= 0.3 is 11.9 Å². The summed E-state index contributed by atoms with van der Waals surface area (Å²) in [6.07, 6.45) is -0.137. The van der Waals surface area contributed by atoms with Crippen LogP contribution in [0.4, 0.5) is 0 Å². The molecule has 19 heavy (non-hydrogen) atoms. The number of carbonyl (C=O) groups excluding carboxylic acids is 1. The molecule has 0 bridgehead atoms. The summed E-state index contributed by atoms with van der Waals surface area (Å²) in [7, 11) is 2.53. The topological polar surface area (TPSA) is 119 Å². The molecule has 1 unspecified atom stereocenters. The summed E-state index contributed by atoms with van der Waals surface area (Å²) in [5.41, 5.74) is 5.75. The van der Waals surface area contributed by atoms with Crippen LogP contribution in [0.2, 0.25) is 0 Å². The predicted molar refractivity (Wildman–Crippen MR) is 65.3 cm³/mol. The summed E-state index contributed by atoms with van der Waals surface area (Å²) in [5, 5.41) is 18.6. The molecule has 4 N–H and O–H groups in total. The van der Waals surface area contributed by atoms with Crippen LogP contribution < -0.4 is 10.5 Å². The van der Waals surface area contributed by atoms with E-state index in [1.54, 1.807) is 0 Å². The van der Waals surface area contributed by atoms with Gasteiger partial charge in [0.15, 0.2) is 11.5 Å². The summed E-state index contributed by atoms with van der Waals surface area (Å²) in [5.74, 6) is -2.02. The van der Waals surface area contributed by atoms with Gasteiger partial charge in [-0.2, -0.15) is 0 Å². The molecule has 1 rings (SSSR count). The molecule has 0 amide bonds. The Bertz CT molecular complexity index is 499. The van der Waals surface area contributed by atoms with Crippen molar-refractivity contribution in [2.45, 2.75) is 12.5 Å². The van der Waals surface area contributed by atoms with Gasteiger partial charge in [-0.05, 0) is 12.1 Å². The molecule has 0 aromatic heterocycles. The molecular weight excluding hydrogens is 254 g/mol. The Morgan fingerprint density at radius 3 is 2.47 bits per heavy atom. The second kappa shape index (κ2) is 6.05. The van der Waals surface area contributed by atoms with Gasteiger partial charge in [-0.15, -0.1) is 0 Å². The van der Waals surface area contributed by atoms with Crippen molar-refractivity contribution >= 4 is 11.9 Å². The van der Waals surface area contributed by atoms with Crippen LogP contribution in [0.25, 0.3) is 0 Å². The molecular formula is C12H15NO6. The summed E-state index contributed by atoms with van der Waals surface area (Å²) >= 11 is 0. The highest BCUT2D eigenvalue weighted by Crippen LogP contribution is 2.32. The molecule has 0 heterocycles. The fourth-order valence-corrected chi connectivity index (χ4v) is 1.54. The van der Waals surface area contributed by atoms with Gasteiger partial charge in [0.2, 0.25) is 0 Å². The molecule has 0 aliphatic carbocycles. The highest BCUT2D eigenvalue weighted by molar-refractivity contribution is 5.90. The second-order valence-corrected chi connectivity index (χ2v) is 3.83. The van der Waals surface area contributed by atoms with Crippen molar-refractivity contribution in [1.29, 1.82) is 0 Å². The predicted octanol–water partition coefficient (Wildman–Crippen LogP) is 0.142. The number of phenolic OH excluding ortho intramolecular Hbond substituents is 1. The van der Waals surface area contributed by atoms with Crippen LogP contribution in [-0.4, -0.2) is 42.4 Å². The van der Waals surface area contributed by atoms with E-state index in [0.717, 1.165) is 0 Å². The summed E-state index contributed by atoms with van der Waals surface area (Å²) in [6, 6.07) is 1.44. The van der Waals surface area contributed by atoms with Crippen LogP contribution in [0.15, 0.2) is 12.1 Å². The molecule has 1 aromatic carbocycles. The molecule has 0 radical (unpaired) electrons. The zero-order valence-corrected chi connectivity index (χ0v) is 10.5. The number of aliphatic carboxylic acids is 1. The summed E-state index contributed by atoms with van der Waals surface area (Å²) in [4.78, 5) is 22.2. The first kappa shape index (κ1) is 14.8. The number of methoxy groups -OCH3 is 2. The number of carboxylic acids is 1. The lowest BCUT2D eigenvalue weighted by Gasteiger charge is -2.13. The van der Waals surface area contributed by atoms with Crippen molar-refractivity contribution in [2.75, 3.05) is 14.2 Å². The minimum Gasteiger partial charge on any atom is -0.504 e. The first-order valence-electron chi connectivity index (χ1n) is 5.37. The molecule has 0 saturated carbocycles. The molecule has 7 nitrogen and oxygen atoms in total. The van der Waals surface area contributed by atoms with Gasteiger partial charge in [0, 0.05) is 12.0 Å². The Kier molecular flexibility index (Phi) is 4.71. The van der Waals surface area contributed by atoms with E-state index in [0.29, 0.717) is 0 Å². The molecule has 104 valence electrons. The van der Waals surface area contributed by atoms with Crippen LogP contribution in [0.1, 0.15) is 15.9 Å². The van der Waals surface area contributed by atoms with E-state index < -0.39 is 18.0 Å². The minimum absolute atomic E-state index is 0.0514. The van der Waals surface area contributed by atoms with Crippen molar-refractivity contribution in [3.8, 4) is 11.5 Å². The molecule has 0 spiro atoms. The highest BCUT2D eigenvalue weighted by Gasteiger charge is 2.20. The molecule has 0 aliphatic rings. The third-order valence-electron chi connectivity index (χ3n) is 2.55.